The van der Waals surface area contributed by atoms with E-state index in [9.17, 15) is 8.42 Å². The van der Waals surface area contributed by atoms with E-state index in [1.54, 1.807) is 6.08 Å². The van der Waals surface area contributed by atoms with Crippen molar-refractivity contribution in [3.8, 4) is 0 Å². The van der Waals surface area contributed by atoms with Gasteiger partial charge in [-0.25, -0.2) is 0 Å². The van der Waals surface area contributed by atoms with Gasteiger partial charge < -0.3 is 0 Å². The molecule has 82 valence electrons. The van der Waals surface area contributed by atoms with Crippen molar-refractivity contribution >= 4 is 10.1 Å². The van der Waals surface area contributed by atoms with E-state index in [0.717, 1.165) is 18.2 Å². The molecule has 1 atom stereocenters. The Labute approximate surface area is 86.3 Å². The van der Waals surface area contributed by atoms with Gasteiger partial charge in [0.2, 0.25) is 0 Å². The first-order valence-electron chi connectivity index (χ1n) is 5.25. The average molecular weight is 218 g/mol. The van der Waals surface area contributed by atoms with Gasteiger partial charge in [0.15, 0.2) is 0 Å². The van der Waals surface area contributed by atoms with E-state index in [2.05, 4.69) is 6.92 Å². The summed E-state index contributed by atoms with van der Waals surface area (Å²) in [5.41, 5.74) is 0. The number of rotatable bonds is 6. The summed E-state index contributed by atoms with van der Waals surface area (Å²) in [5.74, 6) is 0. The minimum Gasteiger partial charge on any atom is -0.259 e. The van der Waals surface area contributed by atoms with Crippen molar-refractivity contribution in [1.82, 2.24) is 0 Å². The molecule has 0 N–H and O–H groups in total. The first-order chi connectivity index (χ1) is 6.64. The lowest BCUT2D eigenvalue weighted by Crippen LogP contribution is -2.07. The molecule has 1 aliphatic rings. The molecule has 0 bridgehead atoms. The maximum atomic E-state index is 10.9. The second-order valence-electron chi connectivity index (χ2n) is 3.66. The third kappa shape index (κ3) is 4.24. The van der Waals surface area contributed by atoms with Crippen LogP contribution in [0.1, 0.15) is 45.4 Å². The molecule has 1 unspecified atom stereocenters. The van der Waals surface area contributed by atoms with Gasteiger partial charge in [-0.1, -0.05) is 39.0 Å². The maximum Gasteiger partial charge on any atom is 0.290 e. The molecule has 0 radical (unpaired) electrons. The van der Waals surface area contributed by atoms with E-state index >= 15 is 0 Å². The SMILES string of the molecule is CCCCCCCC1C=CS(=O)(=O)O1. The Morgan fingerprint density at radius 3 is 2.50 bits per heavy atom. The van der Waals surface area contributed by atoms with Crippen LogP contribution in [0.5, 0.6) is 0 Å². The van der Waals surface area contributed by atoms with Crippen molar-refractivity contribution in [3.63, 3.8) is 0 Å². The Bertz CT molecular complexity index is 280. The van der Waals surface area contributed by atoms with Crippen molar-refractivity contribution < 1.29 is 12.6 Å². The molecule has 0 aromatic carbocycles. The summed E-state index contributed by atoms with van der Waals surface area (Å²) < 4.78 is 26.6. The fourth-order valence-electron chi connectivity index (χ4n) is 1.51. The minimum atomic E-state index is -3.32. The number of hydrogen-bond donors (Lipinski definition) is 0. The van der Waals surface area contributed by atoms with Crippen molar-refractivity contribution in [3.05, 3.63) is 11.5 Å². The van der Waals surface area contributed by atoms with Crippen LogP contribution >= 0.6 is 0 Å². The molecule has 0 fully saturated rings. The molecular formula is C10H18O3S. The quantitative estimate of drug-likeness (QED) is 0.508. The van der Waals surface area contributed by atoms with E-state index in [-0.39, 0.29) is 6.10 Å². The fourth-order valence-corrected chi connectivity index (χ4v) is 2.45. The summed E-state index contributed by atoms with van der Waals surface area (Å²) in [4.78, 5) is 0. The highest BCUT2D eigenvalue weighted by Crippen LogP contribution is 2.18. The Hall–Kier alpha value is -0.350. The fraction of sp³-hybridized carbons (Fsp3) is 0.800. The molecule has 0 aromatic rings. The highest BCUT2D eigenvalue weighted by atomic mass is 32.2. The molecule has 4 heteroatoms. The largest absolute Gasteiger partial charge is 0.290 e. The van der Waals surface area contributed by atoms with E-state index in [1.807, 2.05) is 0 Å². The monoisotopic (exact) mass is 218 g/mol. The zero-order chi connectivity index (χ0) is 10.4. The molecule has 0 saturated carbocycles. The van der Waals surface area contributed by atoms with Gasteiger partial charge in [-0.15, -0.1) is 0 Å². The lowest BCUT2D eigenvalue weighted by Gasteiger charge is -2.05. The van der Waals surface area contributed by atoms with Gasteiger partial charge in [0.25, 0.3) is 10.1 Å². The topological polar surface area (TPSA) is 43.4 Å². The van der Waals surface area contributed by atoms with Gasteiger partial charge in [-0.2, -0.15) is 8.42 Å². The van der Waals surface area contributed by atoms with Crippen LogP contribution in [-0.4, -0.2) is 14.5 Å². The van der Waals surface area contributed by atoms with Crippen LogP contribution in [0.2, 0.25) is 0 Å². The Morgan fingerprint density at radius 1 is 1.21 bits per heavy atom. The molecule has 1 heterocycles. The predicted molar refractivity (Wildman–Crippen MR) is 56.3 cm³/mol. The molecule has 14 heavy (non-hydrogen) atoms. The van der Waals surface area contributed by atoms with Gasteiger partial charge in [0.05, 0.1) is 11.5 Å². The summed E-state index contributed by atoms with van der Waals surface area (Å²) in [7, 11) is -3.32. The maximum absolute atomic E-state index is 10.9. The van der Waals surface area contributed by atoms with Crippen LogP contribution in [0.4, 0.5) is 0 Å². The highest BCUT2D eigenvalue weighted by Gasteiger charge is 2.21. The Balaban J connectivity index is 2.07. The summed E-state index contributed by atoms with van der Waals surface area (Å²) in [5, 5.41) is 1.16. The first kappa shape index (κ1) is 11.7. The van der Waals surface area contributed by atoms with E-state index < -0.39 is 10.1 Å². The van der Waals surface area contributed by atoms with Crippen LogP contribution < -0.4 is 0 Å². The highest BCUT2D eigenvalue weighted by molar-refractivity contribution is 7.89. The average Bonchev–Trinajstić information content (AvgIpc) is 2.45. The molecular weight excluding hydrogens is 200 g/mol. The van der Waals surface area contributed by atoms with Crippen LogP contribution in [-0.2, 0) is 14.3 Å². The van der Waals surface area contributed by atoms with Gasteiger partial charge in [-0.05, 0) is 12.5 Å². The lowest BCUT2D eigenvalue weighted by atomic mass is 10.1. The van der Waals surface area contributed by atoms with Crippen molar-refractivity contribution in [2.75, 3.05) is 0 Å². The van der Waals surface area contributed by atoms with Crippen molar-refractivity contribution in [2.24, 2.45) is 0 Å². The molecule has 0 saturated heterocycles. The van der Waals surface area contributed by atoms with Crippen molar-refractivity contribution in [1.29, 1.82) is 0 Å². The molecule has 1 aliphatic heterocycles. The van der Waals surface area contributed by atoms with Crippen LogP contribution in [0, 0.1) is 0 Å². The Morgan fingerprint density at radius 2 is 1.93 bits per heavy atom. The summed E-state index contributed by atoms with van der Waals surface area (Å²) in [6, 6.07) is 0. The van der Waals surface area contributed by atoms with Gasteiger partial charge in [0, 0.05) is 0 Å². The predicted octanol–water partition coefficient (Wildman–Crippen LogP) is 2.59. The van der Waals surface area contributed by atoms with Crippen molar-refractivity contribution in [2.45, 2.75) is 51.6 Å². The molecule has 0 aliphatic carbocycles. The Kier molecular flexibility index (Phi) is 4.62. The second-order valence-corrected chi connectivity index (χ2v) is 5.11. The van der Waals surface area contributed by atoms with E-state index in [1.165, 1.54) is 25.7 Å². The first-order valence-corrected chi connectivity index (χ1v) is 6.72. The standard InChI is InChI=1S/C10H18O3S/c1-2-3-4-5-6-7-10-8-9-14(11,12)13-10/h8-10H,2-7H2,1H3. The van der Waals surface area contributed by atoms with Crippen LogP contribution in [0.15, 0.2) is 11.5 Å². The van der Waals surface area contributed by atoms with Gasteiger partial charge in [-0.3, -0.25) is 4.18 Å². The summed E-state index contributed by atoms with van der Waals surface area (Å²) in [6.07, 6.45) is 8.19. The molecule has 0 spiro atoms. The zero-order valence-corrected chi connectivity index (χ0v) is 9.42. The summed E-state index contributed by atoms with van der Waals surface area (Å²) in [6.45, 7) is 2.18. The lowest BCUT2D eigenvalue weighted by molar-refractivity contribution is 0.254. The number of unbranched alkanes of at least 4 members (excludes halogenated alkanes) is 4. The molecule has 1 rings (SSSR count). The van der Waals surface area contributed by atoms with Gasteiger partial charge >= 0.3 is 0 Å². The third-order valence-corrected chi connectivity index (χ3v) is 3.32. The summed E-state index contributed by atoms with van der Waals surface area (Å²) >= 11 is 0. The number of hydrogen-bond acceptors (Lipinski definition) is 3. The minimum absolute atomic E-state index is 0.207. The molecule has 0 aromatic heterocycles. The second kappa shape index (κ2) is 5.51. The van der Waals surface area contributed by atoms with Crippen LogP contribution in [0.3, 0.4) is 0 Å². The van der Waals surface area contributed by atoms with Crippen LogP contribution in [0.25, 0.3) is 0 Å². The van der Waals surface area contributed by atoms with E-state index in [4.69, 9.17) is 4.18 Å². The molecule has 3 nitrogen and oxygen atoms in total. The normalized spacial score (nSPS) is 24.2. The third-order valence-electron chi connectivity index (χ3n) is 2.31. The van der Waals surface area contributed by atoms with E-state index in [0.29, 0.717) is 0 Å². The zero-order valence-electron chi connectivity index (χ0n) is 8.61. The smallest absolute Gasteiger partial charge is 0.259 e. The molecule has 0 amide bonds. The van der Waals surface area contributed by atoms with Gasteiger partial charge in [0.1, 0.15) is 0 Å².